The number of benzene rings is 1. The molecule has 29 heavy (non-hydrogen) atoms. The Morgan fingerprint density at radius 1 is 1.28 bits per heavy atom. The summed E-state index contributed by atoms with van der Waals surface area (Å²) in [6.45, 7) is 5.58. The molecule has 1 fully saturated rings. The first kappa shape index (κ1) is 19.1. The Balaban J connectivity index is 1.57. The number of aromatic nitrogens is 2. The maximum absolute atomic E-state index is 12.9. The standard InChI is InChI=1S/C20H21N5O3S/c1-12-14-9-15(29-18(14)25(23-12)13-7-5-4-6-8-13)17(27)22-20(2,3)11-24-16(26)10-21-19(24)28/h4-9H,10-11H2,1-3H3,(H,21,28)(H,22,27). The van der Waals surface area contributed by atoms with Crippen LogP contribution in [0.15, 0.2) is 36.4 Å². The summed E-state index contributed by atoms with van der Waals surface area (Å²) in [4.78, 5) is 39.1. The van der Waals surface area contributed by atoms with Crippen LogP contribution in [0.4, 0.5) is 4.79 Å². The Labute approximate surface area is 171 Å². The Bertz CT molecular complexity index is 1100. The van der Waals surface area contributed by atoms with Crippen molar-refractivity contribution in [1.29, 1.82) is 0 Å². The average Bonchev–Trinajstić information content (AvgIpc) is 3.33. The van der Waals surface area contributed by atoms with Gasteiger partial charge in [0.15, 0.2) is 0 Å². The molecule has 1 saturated heterocycles. The number of nitrogens with one attached hydrogen (secondary N) is 2. The molecule has 8 nitrogen and oxygen atoms in total. The second-order valence-corrected chi connectivity index (χ2v) is 8.67. The SMILES string of the molecule is Cc1nn(-c2ccccc2)c2sc(C(=O)NC(C)(C)CN3C(=O)CNC3=O)cc12. The van der Waals surface area contributed by atoms with Crippen LogP contribution in [0.3, 0.4) is 0 Å². The van der Waals surface area contributed by atoms with Crippen LogP contribution in [0.5, 0.6) is 0 Å². The van der Waals surface area contributed by atoms with E-state index in [9.17, 15) is 14.4 Å². The minimum Gasteiger partial charge on any atom is -0.345 e. The molecular weight excluding hydrogens is 390 g/mol. The van der Waals surface area contributed by atoms with Crippen molar-refractivity contribution in [3.63, 3.8) is 0 Å². The van der Waals surface area contributed by atoms with Crippen molar-refractivity contribution in [2.75, 3.05) is 13.1 Å². The van der Waals surface area contributed by atoms with E-state index >= 15 is 0 Å². The van der Waals surface area contributed by atoms with Gasteiger partial charge in [0.25, 0.3) is 5.91 Å². The third-order valence-corrected chi connectivity index (χ3v) is 5.82. The number of carbonyl (C=O) groups excluding carboxylic acids is 3. The topological polar surface area (TPSA) is 96.3 Å². The number of carbonyl (C=O) groups is 3. The molecule has 2 N–H and O–H groups in total. The van der Waals surface area contributed by atoms with E-state index < -0.39 is 11.6 Å². The number of nitrogens with zero attached hydrogens (tertiary/aromatic N) is 3. The quantitative estimate of drug-likeness (QED) is 0.631. The molecule has 2 aromatic heterocycles. The molecule has 0 saturated carbocycles. The monoisotopic (exact) mass is 411 g/mol. The number of hydrogen-bond acceptors (Lipinski definition) is 5. The van der Waals surface area contributed by atoms with Gasteiger partial charge in [0.2, 0.25) is 5.91 Å². The van der Waals surface area contributed by atoms with E-state index in [0.29, 0.717) is 4.88 Å². The lowest BCUT2D eigenvalue weighted by Crippen LogP contribution is -2.52. The Morgan fingerprint density at radius 3 is 2.66 bits per heavy atom. The third kappa shape index (κ3) is 3.61. The summed E-state index contributed by atoms with van der Waals surface area (Å²) in [6.07, 6.45) is 0. The molecule has 0 aliphatic carbocycles. The Kier molecular flexibility index (Phi) is 4.62. The molecule has 1 aromatic carbocycles. The lowest BCUT2D eigenvalue weighted by Gasteiger charge is -2.29. The number of hydrogen-bond donors (Lipinski definition) is 2. The van der Waals surface area contributed by atoms with Gasteiger partial charge < -0.3 is 10.6 Å². The highest BCUT2D eigenvalue weighted by atomic mass is 32.1. The minimum atomic E-state index is -0.773. The van der Waals surface area contributed by atoms with Gasteiger partial charge >= 0.3 is 6.03 Å². The van der Waals surface area contributed by atoms with Gasteiger partial charge in [0.05, 0.1) is 34.9 Å². The van der Waals surface area contributed by atoms with Crippen molar-refractivity contribution in [2.45, 2.75) is 26.3 Å². The van der Waals surface area contributed by atoms with E-state index in [4.69, 9.17) is 0 Å². The zero-order valence-electron chi connectivity index (χ0n) is 16.4. The number of amides is 4. The van der Waals surface area contributed by atoms with Crippen molar-refractivity contribution in [3.8, 4) is 5.69 Å². The number of imide groups is 1. The fourth-order valence-electron chi connectivity index (χ4n) is 3.32. The summed E-state index contributed by atoms with van der Waals surface area (Å²) < 4.78 is 1.84. The van der Waals surface area contributed by atoms with E-state index in [1.165, 1.54) is 11.3 Å². The molecule has 4 rings (SSSR count). The molecule has 3 heterocycles. The summed E-state index contributed by atoms with van der Waals surface area (Å²) >= 11 is 1.36. The average molecular weight is 411 g/mol. The van der Waals surface area contributed by atoms with Crippen molar-refractivity contribution < 1.29 is 14.4 Å². The van der Waals surface area contributed by atoms with Crippen LogP contribution in [0, 0.1) is 6.92 Å². The molecule has 4 amide bonds. The second kappa shape index (κ2) is 7.00. The van der Waals surface area contributed by atoms with Gasteiger partial charge in [-0.25, -0.2) is 9.48 Å². The van der Waals surface area contributed by atoms with E-state index in [1.807, 2.05) is 48.0 Å². The number of thiophene rings is 1. The third-order valence-electron chi connectivity index (χ3n) is 4.71. The van der Waals surface area contributed by atoms with Crippen LogP contribution in [-0.4, -0.2) is 51.2 Å². The molecule has 150 valence electrons. The van der Waals surface area contributed by atoms with Gasteiger partial charge in [-0.3, -0.25) is 14.5 Å². The molecule has 9 heteroatoms. The number of rotatable bonds is 5. The molecule has 0 atom stereocenters. The van der Waals surface area contributed by atoms with Gasteiger partial charge in [-0.2, -0.15) is 5.10 Å². The summed E-state index contributed by atoms with van der Waals surface area (Å²) in [7, 11) is 0. The van der Waals surface area contributed by atoms with Crippen LogP contribution < -0.4 is 10.6 Å². The molecule has 1 aliphatic heterocycles. The van der Waals surface area contributed by atoms with Gasteiger partial charge in [0.1, 0.15) is 4.83 Å². The molecule has 3 aromatic rings. The largest absolute Gasteiger partial charge is 0.345 e. The smallest absolute Gasteiger partial charge is 0.324 e. The number of para-hydroxylation sites is 1. The fraction of sp³-hybridized carbons (Fsp3) is 0.300. The maximum Gasteiger partial charge on any atom is 0.324 e. The van der Waals surface area contributed by atoms with E-state index in [-0.39, 0.29) is 24.9 Å². The van der Waals surface area contributed by atoms with Crippen LogP contribution in [-0.2, 0) is 4.79 Å². The Morgan fingerprint density at radius 2 is 2.00 bits per heavy atom. The van der Waals surface area contributed by atoms with Gasteiger partial charge in [-0.05, 0) is 39.0 Å². The molecule has 0 unspecified atom stereocenters. The van der Waals surface area contributed by atoms with Crippen molar-refractivity contribution in [2.24, 2.45) is 0 Å². The van der Waals surface area contributed by atoms with Crippen LogP contribution in [0.25, 0.3) is 15.9 Å². The van der Waals surface area contributed by atoms with Crippen molar-refractivity contribution >= 4 is 39.4 Å². The predicted octanol–water partition coefficient (Wildman–Crippen LogP) is 2.46. The van der Waals surface area contributed by atoms with Crippen molar-refractivity contribution in [1.82, 2.24) is 25.3 Å². The molecule has 0 spiro atoms. The summed E-state index contributed by atoms with van der Waals surface area (Å²) in [5, 5.41) is 10.9. The summed E-state index contributed by atoms with van der Waals surface area (Å²) in [6, 6.07) is 11.2. The first-order valence-electron chi connectivity index (χ1n) is 9.20. The highest BCUT2D eigenvalue weighted by molar-refractivity contribution is 7.20. The first-order valence-corrected chi connectivity index (χ1v) is 10.0. The van der Waals surface area contributed by atoms with Gasteiger partial charge in [-0.1, -0.05) is 18.2 Å². The molecule has 1 aliphatic rings. The van der Waals surface area contributed by atoms with Gasteiger partial charge in [0, 0.05) is 5.39 Å². The first-order chi connectivity index (χ1) is 13.7. The van der Waals surface area contributed by atoms with Crippen molar-refractivity contribution in [3.05, 3.63) is 47.0 Å². The van der Waals surface area contributed by atoms with E-state index in [0.717, 1.165) is 26.5 Å². The normalized spacial score (nSPS) is 14.5. The number of aryl methyl sites for hydroxylation is 1. The fourth-order valence-corrected chi connectivity index (χ4v) is 4.40. The number of fused-ring (bicyclic) bond motifs is 1. The van der Waals surface area contributed by atoms with Gasteiger partial charge in [-0.15, -0.1) is 11.3 Å². The zero-order chi connectivity index (χ0) is 20.8. The Hall–Kier alpha value is -3.20. The lowest BCUT2D eigenvalue weighted by molar-refractivity contribution is -0.125. The highest BCUT2D eigenvalue weighted by Gasteiger charge is 2.34. The molecule has 0 radical (unpaired) electrons. The van der Waals surface area contributed by atoms with E-state index in [1.54, 1.807) is 13.8 Å². The highest BCUT2D eigenvalue weighted by Crippen LogP contribution is 2.30. The minimum absolute atomic E-state index is 0.00552. The van der Waals surface area contributed by atoms with Crippen LogP contribution in [0.2, 0.25) is 0 Å². The summed E-state index contributed by atoms with van der Waals surface area (Å²) in [5.41, 5.74) is 1.00. The predicted molar refractivity (Wildman–Crippen MR) is 110 cm³/mol. The number of urea groups is 1. The zero-order valence-corrected chi connectivity index (χ0v) is 17.2. The maximum atomic E-state index is 12.9. The lowest BCUT2D eigenvalue weighted by atomic mass is 10.0. The molecule has 0 bridgehead atoms. The van der Waals surface area contributed by atoms with Crippen LogP contribution in [0.1, 0.15) is 29.2 Å². The molecular formula is C20H21N5O3S. The summed E-state index contributed by atoms with van der Waals surface area (Å²) in [5.74, 6) is -0.542. The van der Waals surface area contributed by atoms with E-state index in [2.05, 4.69) is 15.7 Å². The van der Waals surface area contributed by atoms with Crippen LogP contribution >= 0.6 is 11.3 Å². The second-order valence-electron chi connectivity index (χ2n) is 7.64.